The van der Waals surface area contributed by atoms with E-state index in [0.29, 0.717) is 23.4 Å². The van der Waals surface area contributed by atoms with E-state index in [2.05, 4.69) is 28.3 Å². The van der Waals surface area contributed by atoms with Gasteiger partial charge in [-0.25, -0.2) is 0 Å². The summed E-state index contributed by atoms with van der Waals surface area (Å²) in [7, 11) is 0. The summed E-state index contributed by atoms with van der Waals surface area (Å²) in [5.74, 6) is -0.571. The van der Waals surface area contributed by atoms with Gasteiger partial charge in [-0.05, 0) is 54.1 Å². The SMILES string of the molecule is C=CC(=O)Nc1ccc(C(=O)Nc2ccc3[nH]cc(CC#N)c3c2)cc1. The topological polar surface area (TPSA) is 97.8 Å². The van der Waals surface area contributed by atoms with Gasteiger partial charge in [0.15, 0.2) is 0 Å². The fraction of sp³-hybridized carbons (Fsp3) is 0.0500. The third kappa shape index (κ3) is 3.62. The maximum absolute atomic E-state index is 12.4. The number of hydrogen-bond donors (Lipinski definition) is 3. The minimum atomic E-state index is -0.310. The van der Waals surface area contributed by atoms with Gasteiger partial charge in [-0.1, -0.05) is 6.58 Å². The quantitative estimate of drug-likeness (QED) is 0.617. The van der Waals surface area contributed by atoms with Crippen LogP contribution in [-0.2, 0) is 11.2 Å². The van der Waals surface area contributed by atoms with Gasteiger partial charge >= 0.3 is 0 Å². The van der Waals surface area contributed by atoms with Gasteiger partial charge in [0.05, 0.1) is 12.5 Å². The monoisotopic (exact) mass is 344 g/mol. The molecule has 3 N–H and O–H groups in total. The van der Waals surface area contributed by atoms with Crippen molar-refractivity contribution in [2.75, 3.05) is 10.6 Å². The first-order valence-corrected chi connectivity index (χ1v) is 7.92. The Balaban J connectivity index is 1.76. The van der Waals surface area contributed by atoms with Gasteiger partial charge in [0.2, 0.25) is 5.91 Å². The molecule has 3 rings (SSSR count). The first kappa shape index (κ1) is 17.0. The van der Waals surface area contributed by atoms with Gasteiger partial charge in [0, 0.05) is 34.0 Å². The van der Waals surface area contributed by atoms with Gasteiger partial charge in [0.1, 0.15) is 0 Å². The zero-order chi connectivity index (χ0) is 18.5. The molecule has 6 nitrogen and oxygen atoms in total. The lowest BCUT2D eigenvalue weighted by molar-refractivity contribution is -0.111. The highest BCUT2D eigenvalue weighted by atomic mass is 16.2. The number of H-pyrrole nitrogens is 1. The predicted octanol–water partition coefficient (Wildman–Crippen LogP) is 3.61. The van der Waals surface area contributed by atoms with Gasteiger partial charge in [0.25, 0.3) is 5.91 Å². The average molecular weight is 344 g/mol. The molecule has 0 aliphatic heterocycles. The third-order valence-corrected chi connectivity index (χ3v) is 3.89. The molecule has 1 aromatic heterocycles. The van der Waals surface area contributed by atoms with Crippen LogP contribution in [0.15, 0.2) is 61.3 Å². The van der Waals surface area contributed by atoms with Gasteiger partial charge in [-0.3, -0.25) is 9.59 Å². The molecule has 0 unspecified atom stereocenters. The van der Waals surface area contributed by atoms with E-state index < -0.39 is 0 Å². The highest BCUT2D eigenvalue weighted by molar-refractivity contribution is 6.06. The number of aromatic amines is 1. The van der Waals surface area contributed by atoms with Crippen LogP contribution in [0.3, 0.4) is 0 Å². The fourth-order valence-corrected chi connectivity index (χ4v) is 2.59. The number of nitriles is 1. The van der Waals surface area contributed by atoms with Crippen molar-refractivity contribution < 1.29 is 9.59 Å². The smallest absolute Gasteiger partial charge is 0.255 e. The van der Waals surface area contributed by atoms with E-state index in [-0.39, 0.29) is 11.8 Å². The number of carbonyl (C=O) groups is 2. The molecule has 128 valence electrons. The van der Waals surface area contributed by atoms with E-state index in [9.17, 15) is 9.59 Å². The van der Waals surface area contributed by atoms with Crippen molar-refractivity contribution in [2.45, 2.75) is 6.42 Å². The van der Waals surface area contributed by atoms with Crippen molar-refractivity contribution in [1.82, 2.24) is 4.98 Å². The van der Waals surface area contributed by atoms with Crippen LogP contribution in [0, 0.1) is 11.3 Å². The van der Waals surface area contributed by atoms with Crippen LogP contribution in [-0.4, -0.2) is 16.8 Å². The van der Waals surface area contributed by atoms with Crippen molar-refractivity contribution in [3.8, 4) is 6.07 Å². The number of nitrogens with zero attached hydrogens (tertiary/aromatic N) is 1. The summed E-state index contributed by atoms with van der Waals surface area (Å²) in [4.78, 5) is 26.8. The number of aromatic nitrogens is 1. The average Bonchev–Trinajstić information content (AvgIpc) is 3.05. The summed E-state index contributed by atoms with van der Waals surface area (Å²) in [5, 5.41) is 15.3. The number of benzene rings is 2. The standard InChI is InChI=1S/C20H16N4O2/c1-2-19(25)23-15-5-3-13(4-6-15)20(26)24-16-7-8-18-17(11-16)14(9-10-21)12-22-18/h2-8,11-12,22H,1,9H2,(H,23,25)(H,24,26). The summed E-state index contributed by atoms with van der Waals surface area (Å²) >= 11 is 0. The molecule has 26 heavy (non-hydrogen) atoms. The Morgan fingerprint density at radius 2 is 1.85 bits per heavy atom. The molecule has 6 heteroatoms. The van der Waals surface area contributed by atoms with Crippen LogP contribution in [0.2, 0.25) is 0 Å². The molecule has 0 spiro atoms. The number of hydrogen-bond acceptors (Lipinski definition) is 3. The Morgan fingerprint density at radius 3 is 2.54 bits per heavy atom. The van der Waals surface area contributed by atoms with Crippen LogP contribution in [0.1, 0.15) is 15.9 Å². The summed E-state index contributed by atoms with van der Waals surface area (Å²) in [6, 6.07) is 14.2. The largest absolute Gasteiger partial charge is 0.361 e. The summed E-state index contributed by atoms with van der Waals surface area (Å²) in [6.07, 6.45) is 3.28. The maximum atomic E-state index is 12.4. The third-order valence-electron chi connectivity index (χ3n) is 3.89. The lowest BCUT2D eigenvalue weighted by Crippen LogP contribution is -2.12. The molecule has 0 saturated carbocycles. The predicted molar refractivity (Wildman–Crippen MR) is 101 cm³/mol. The first-order chi connectivity index (χ1) is 12.6. The molecular formula is C20H16N4O2. The zero-order valence-corrected chi connectivity index (χ0v) is 13.9. The van der Waals surface area contributed by atoms with Crippen molar-refractivity contribution >= 4 is 34.1 Å². The lowest BCUT2D eigenvalue weighted by atomic mass is 10.1. The van der Waals surface area contributed by atoms with Crippen LogP contribution >= 0.6 is 0 Å². The second-order valence-electron chi connectivity index (χ2n) is 5.63. The van der Waals surface area contributed by atoms with Crippen molar-refractivity contribution in [3.63, 3.8) is 0 Å². The van der Waals surface area contributed by atoms with Crippen LogP contribution in [0.4, 0.5) is 11.4 Å². The lowest BCUT2D eigenvalue weighted by Gasteiger charge is -2.07. The maximum Gasteiger partial charge on any atom is 0.255 e. The highest BCUT2D eigenvalue weighted by Crippen LogP contribution is 2.23. The Bertz CT molecular complexity index is 1030. The van der Waals surface area contributed by atoms with E-state index in [4.69, 9.17) is 5.26 Å². The van der Waals surface area contributed by atoms with Crippen molar-refractivity contribution in [3.05, 3.63) is 72.4 Å². The number of amides is 2. The molecule has 0 atom stereocenters. The molecule has 0 aliphatic carbocycles. The number of nitrogens with one attached hydrogen (secondary N) is 3. The van der Waals surface area contributed by atoms with Crippen LogP contribution < -0.4 is 10.6 Å². The number of fused-ring (bicyclic) bond motifs is 1. The normalized spacial score (nSPS) is 10.1. The molecule has 3 aromatic rings. The molecule has 0 aliphatic rings. The first-order valence-electron chi connectivity index (χ1n) is 7.92. The number of carbonyl (C=O) groups excluding carboxylic acids is 2. The summed E-state index contributed by atoms with van der Waals surface area (Å²) < 4.78 is 0. The summed E-state index contributed by atoms with van der Waals surface area (Å²) in [5.41, 5.74) is 3.50. The second kappa shape index (κ2) is 7.36. The van der Waals surface area contributed by atoms with Crippen molar-refractivity contribution in [1.29, 1.82) is 5.26 Å². The molecule has 1 heterocycles. The number of rotatable bonds is 5. The van der Waals surface area contributed by atoms with Crippen LogP contribution in [0.5, 0.6) is 0 Å². The highest BCUT2D eigenvalue weighted by Gasteiger charge is 2.09. The minimum Gasteiger partial charge on any atom is -0.361 e. The molecule has 0 fully saturated rings. The zero-order valence-electron chi connectivity index (χ0n) is 13.9. The minimum absolute atomic E-state index is 0.261. The van der Waals surface area contributed by atoms with E-state index in [0.717, 1.165) is 16.5 Å². The van der Waals surface area contributed by atoms with E-state index in [1.807, 2.05) is 12.1 Å². The van der Waals surface area contributed by atoms with Gasteiger partial charge in [-0.2, -0.15) is 5.26 Å². The van der Waals surface area contributed by atoms with E-state index >= 15 is 0 Å². The van der Waals surface area contributed by atoms with Crippen molar-refractivity contribution in [2.24, 2.45) is 0 Å². The second-order valence-corrected chi connectivity index (χ2v) is 5.63. The molecule has 0 radical (unpaired) electrons. The van der Waals surface area contributed by atoms with Gasteiger partial charge < -0.3 is 15.6 Å². The van der Waals surface area contributed by atoms with Crippen LogP contribution in [0.25, 0.3) is 10.9 Å². The summed E-state index contributed by atoms with van der Waals surface area (Å²) in [6.45, 7) is 3.39. The molecule has 0 bridgehead atoms. The molecule has 0 saturated heterocycles. The Hall–Kier alpha value is -3.85. The van der Waals surface area contributed by atoms with E-state index in [1.54, 1.807) is 36.5 Å². The van der Waals surface area contributed by atoms with Gasteiger partial charge in [-0.15, -0.1) is 0 Å². The Labute approximate surface area is 150 Å². The molecule has 2 amide bonds. The Kier molecular flexibility index (Phi) is 4.81. The number of anilines is 2. The Morgan fingerprint density at radius 1 is 1.12 bits per heavy atom. The molecule has 2 aromatic carbocycles. The molecular weight excluding hydrogens is 328 g/mol. The van der Waals surface area contributed by atoms with E-state index in [1.165, 1.54) is 6.08 Å². The fourth-order valence-electron chi connectivity index (χ4n) is 2.59.